The lowest BCUT2D eigenvalue weighted by Gasteiger charge is -2.15. The molecule has 6 heteroatoms. The van der Waals surface area contributed by atoms with Crippen LogP contribution < -0.4 is 5.56 Å². The molecule has 4 rings (SSSR count). The number of aliphatic hydroxyl groups is 1. The first-order chi connectivity index (χ1) is 14.6. The van der Waals surface area contributed by atoms with Crippen LogP contribution >= 0.6 is 0 Å². The number of ether oxygens (including phenoxy) is 1. The molecule has 0 saturated heterocycles. The van der Waals surface area contributed by atoms with E-state index in [0.29, 0.717) is 16.6 Å². The Bertz CT molecular complexity index is 1210. The van der Waals surface area contributed by atoms with Crippen molar-refractivity contribution in [2.24, 2.45) is 0 Å². The Balaban J connectivity index is 1.56. The zero-order chi connectivity index (χ0) is 20.9. The van der Waals surface area contributed by atoms with Gasteiger partial charge in [-0.2, -0.15) is 5.10 Å². The first-order valence-electron chi connectivity index (χ1n) is 9.68. The highest BCUT2D eigenvalue weighted by Crippen LogP contribution is 2.24. The Morgan fingerprint density at radius 3 is 2.37 bits per heavy atom. The van der Waals surface area contributed by atoms with Crippen LogP contribution in [0.3, 0.4) is 0 Å². The quantitative estimate of drug-likeness (QED) is 0.509. The molecule has 152 valence electrons. The van der Waals surface area contributed by atoms with Gasteiger partial charge in [-0.15, -0.1) is 0 Å². The SMILES string of the molecule is O=c1c2ccccc2c(-c2ccccc2)nn1CC(O)COCc1ccccc1F. The van der Waals surface area contributed by atoms with Gasteiger partial charge < -0.3 is 9.84 Å². The third-order valence-corrected chi connectivity index (χ3v) is 4.82. The number of fused-ring (bicyclic) bond motifs is 1. The number of rotatable bonds is 7. The second kappa shape index (κ2) is 8.98. The lowest BCUT2D eigenvalue weighted by molar-refractivity contribution is 0.0173. The van der Waals surface area contributed by atoms with Crippen LogP contribution in [-0.2, 0) is 17.9 Å². The van der Waals surface area contributed by atoms with Crippen LogP contribution in [0.5, 0.6) is 0 Å². The Kier molecular flexibility index (Phi) is 5.97. The molecule has 0 aliphatic heterocycles. The van der Waals surface area contributed by atoms with Crippen molar-refractivity contribution in [2.45, 2.75) is 19.3 Å². The van der Waals surface area contributed by atoms with Gasteiger partial charge in [-0.3, -0.25) is 4.79 Å². The number of benzene rings is 3. The predicted molar refractivity (Wildman–Crippen MR) is 114 cm³/mol. The van der Waals surface area contributed by atoms with E-state index in [1.807, 2.05) is 42.5 Å². The maximum atomic E-state index is 13.7. The van der Waals surface area contributed by atoms with Crippen LogP contribution in [0.15, 0.2) is 83.7 Å². The van der Waals surface area contributed by atoms with E-state index in [9.17, 15) is 14.3 Å². The third-order valence-electron chi connectivity index (χ3n) is 4.82. The van der Waals surface area contributed by atoms with E-state index >= 15 is 0 Å². The summed E-state index contributed by atoms with van der Waals surface area (Å²) in [5, 5.41) is 16.2. The number of hydrogen-bond acceptors (Lipinski definition) is 4. The van der Waals surface area contributed by atoms with E-state index in [1.165, 1.54) is 10.7 Å². The Morgan fingerprint density at radius 2 is 1.60 bits per heavy atom. The highest BCUT2D eigenvalue weighted by molar-refractivity contribution is 5.93. The normalized spacial score (nSPS) is 12.2. The molecule has 0 bridgehead atoms. The largest absolute Gasteiger partial charge is 0.389 e. The van der Waals surface area contributed by atoms with Crippen molar-refractivity contribution >= 4 is 10.8 Å². The van der Waals surface area contributed by atoms with Crippen LogP contribution in [0.4, 0.5) is 4.39 Å². The maximum absolute atomic E-state index is 13.7. The van der Waals surface area contributed by atoms with Gasteiger partial charge in [0.1, 0.15) is 5.82 Å². The molecule has 1 N–H and O–H groups in total. The highest BCUT2D eigenvalue weighted by Gasteiger charge is 2.15. The van der Waals surface area contributed by atoms with Crippen LogP contribution in [0.25, 0.3) is 22.0 Å². The molecule has 30 heavy (non-hydrogen) atoms. The fourth-order valence-electron chi connectivity index (χ4n) is 3.34. The number of aliphatic hydroxyl groups excluding tert-OH is 1. The lowest BCUT2D eigenvalue weighted by Crippen LogP contribution is -2.31. The summed E-state index contributed by atoms with van der Waals surface area (Å²) in [7, 11) is 0. The third kappa shape index (κ3) is 4.30. The summed E-state index contributed by atoms with van der Waals surface area (Å²) in [4.78, 5) is 12.9. The molecule has 3 aromatic carbocycles. The van der Waals surface area contributed by atoms with Crippen molar-refractivity contribution in [2.75, 3.05) is 6.61 Å². The first-order valence-corrected chi connectivity index (χ1v) is 9.68. The minimum absolute atomic E-state index is 0.0270. The van der Waals surface area contributed by atoms with E-state index in [2.05, 4.69) is 5.10 Å². The topological polar surface area (TPSA) is 64.4 Å². The minimum atomic E-state index is -0.966. The van der Waals surface area contributed by atoms with Gasteiger partial charge in [-0.05, 0) is 12.1 Å². The zero-order valence-corrected chi connectivity index (χ0v) is 16.2. The fourth-order valence-corrected chi connectivity index (χ4v) is 3.34. The van der Waals surface area contributed by atoms with Crippen molar-refractivity contribution < 1.29 is 14.2 Å². The molecule has 0 amide bonds. The zero-order valence-electron chi connectivity index (χ0n) is 16.2. The molecule has 0 radical (unpaired) electrons. The van der Waals surface area contributed by atoms with Gasteiger partial charge in [-0.1, -0.05) is 66.7 Å². The average Bonchev–Trinajstić information content (AvgIpc) is 2.78. The first kappa shape index (κ1) is 19.9. The predicted octanol–water partition coefficient (Wildman–Crippen LogP) is 3.78. The van der Waals surface area contributed by atoms with Gasteiger partial charge in [0.15, 0.2) is 0 Å². The van der Waals surface area contributed by atoms with Crippen LogP contribution in [0.2, 0.25) is 0 Å². The van der Waals surface area contributed by atoms with Crippen molar-refractivity contribution in [1.82, 2.24) is 9.78 Å². The van der Waals surface area contributed by atoms with Gasteiger partial charge in [0.2, 0.25) is 0 Å². The molecular formula is C24H21FN2O3. The van der Waals surface area contributed by atoms with Gasteiger partial charge >= 0.3 is 0 Å². The van der Waals surface area contributed by atoms with Gasteiger partial charge in [-0.25, -0.2) is 9.07 Å². The molecule has 0 fully saturated rings. The Morgan fingerprint density at radius 1 is 0.933 bits per heavy atom. The second-order valence-electron chi connectivity index (χ2n) is 7.01. The summed E-state index contributed by atoms with van der Waals surface area (Å²) in [5.41, 5.74) is 1.69. The smallest absolute Gasteiger partial charge is 0.274 e. The van der Waals surface area contributed by atoms with Crippen molar-refractivity contribution in [3.63, 3.8) is 0 Å². The number of nitrogens with zero attached hydrogens (tertiary/aromatic N) is 2. The van der Waals surface area contributed by atoms with Crippen LogP contribution in [0, 0.1) is 5.82 Å². The van der Waals surface area contributed by atoms with Crippen LogP contribution in [0.1, 0.15) is 5.56 Å². The second-order valence-corrected chi connectivity index (χ2v) is 7.01. The molecule has 0 spiro atoms. The molecule has 1 aromatic heterocycles. The van der Waals surface area contributed by atoms with E-state index in [1.54, 1.807) is 30.3 Å². The summed E-state index contributed by atoms with van der Waals surface area (Å²) in [6, 6.07) is 23.2. The molecule has 4 aromatic rings. The van der Waals surface area contributed by atoms with Gasteiger partial charge in [0.25, 0.3) is 5.56 Å². The van der Waals surface area contributed by atoms with E-state index in [0.717, 1.165) is 10.9 Å². The molecule has 1 heterocycles. The number of halogens is 1. The lowest BCUT2D eigenvalue weighted by atomic mass is 10.1. The van der Waals surface area contributed by atoms with E-state index in [4.69, 9.17) is 4.74 Å². The standard InChI is InChI=1S/C24H21FN2O3/c25-22-13-7-4-10-18(22)15-30-16-19(28)14-27-24(29)21-12-6-5-11-20(21)23(26-27)17-8-2-1-3-9-17/h1-13,19,28H,14-16H2. The molecule has 0 saturated carbocycles. The summed E-state index contributed by atoms with van der Waals surface area (Å²) >= 11 is 0. The van der Waals surface area contributed by atoms with E-state index in [-0.39, 0.29) is 31.1 Å². The molecule has 0 aliphatic rings. The van der Waals surface area contributed by atoms with Gasteiger partial charge in [0.05, 0.1) is 36.9 Å². The van der Waals surface area contributed by atoms with Crippen LogP contribution in [-0.4, -0.2) is 27.6 Å². The van der Waals surface area contributed by atoms with Crippen molar-refractivity contribution in [1.29, 1.82) is 0 Å². The van der Waals surface area contributed by atoms with Crippen molar-refractivity contribution in [3.8, 4) is 11.3 Å². The van der Waals surface area contributed by atoms with Gasteiger partial charge in [0, 0.05) is 16.5 Å². The number of aromatic nitrogens is 2. The number of hydrogen-bond donors (Lipinski definition) is 1. The van der Waals surface area contributed by atoms with E-state index < -0.39 is 6.10 Å². The summed E-state index contributed by atoms with van der Waals surface area (Å²) in [6.07, 6.45) is -0.966. The molecule has 5 nitrogen and oxygen atoms in total. The monoisotopic (exact) mass is 404 g/mol. The molecular weight excluding hydrogens is 383 g/mol. The van der Waals surface area contributed by atoms with Crippen molar-refractivity contribution in [3.05, 3.63) is 101 Å². The Labute approximate surface area is 173 Å². The molecule has 1 atom stereocenters. The summed E-state index contributed by atoms with van der Waals surface area (Å²) < 4.78 is 20.4. The molecule has 0 aliphatic carbocycles. The maximum Gasteiger partial charge on any atom is 0.274 e. The average molecular weight is 404 g/mol. The summed E-state index contributed by atoms with van der Waals surface area (Å²) in [6.45, 7) is -0.0320. The molecule has 1 unspecified atom stereocenters. The summed E-state index contributed by atoms with van der Waals surface area (Å²) in [5.74, 6) is -0.355. The Hall–Kier alpha value is -3.35. The minimum Gasteiger partial charge on any atom is -0.389 e. The fraction of sp³-hybridized carbons (Fsp3) is 0.167. The highest BCUT2D eigenvalue weighted by atomic mass is 19.1.